The number of carbonyl (C=O) groups excluding carboxylic acids is 1. The number of aromatic nitrogens is 2. The zero-order valence-corrected chi connectivity index (χ0v) is 14.6. The molecule has 27 heavy (non-hydrogen) atoms. The van der Waals surface area contributed by atoms with Gasteiger partial charge in [0.15, 0.2) is 0 Å². The number of carbonyl (C=O) groups is 1. The Labute approximate surface area is 158 Å². The van der Waals surface area contributed by atoms with E-state index in [0.717, 1.165) is 5.56 Å². The molecule has 1 heterocycles. The third kappa shape index (κ3) is 5.24. The first-order valence-electron chi connectivity index (χ1n) is 7.93. The van der Waals surface area contributed by atoms with Crippen molar-refractivity contribution in [3.8, 4) is 17.1 Å². The van der Waals surface area contributed by atoms with Crippen LogP contribution in [-0.2, 0) is 11.2 Å². The zero-order chi connectivity index (χ0) is 19.2. The van der Waals surface area contributed by atoms with Crippen molar-refractivity contribution >= 4 is 23.2 Å². The summed E-state index contributed by atoms with van der Waals surface area (Å²) in [4.78, 5) is 16.3. The molecule has 0 spiro atoms. The van der Waals surface area contributed by atoms with E-state index in [9.17, 15) is 13.6 Å². The largest absolute Gasteiger partial charge is 0.433 e. The van der Waals surface area contributed by atoms with Gasteiger partial charge in [-0.15, -0.1) is 0 Å². The lowest BCUT2D eigenvalue weighted by molar-refractivity contribution is -0.116. The molecule has 3 aromatic rings. The molecular weight excluding hydrogens is 380 g/mol. The van der Waals surface area contributed by atoms with Crippen molar-refractivity contribution in [1.82, 2.24) is 10.1 Å². The second kappa shape index (κ2) is 8.59. The summed E-state index contributed by atoms with van der Waals surface area (Å²) in [6, 6.07) is 12.9. The van der Waals surface area contributed by atoms with Gasteiger partial charge in [0.25, 0.3) is 0 Å². The van der Waals surface area contributed by atoms with Crippen LogP contribution in [0.15, 0.2) is 53.1 Å². The smallest absolute Gasteiger partial charge is 0.387 e. The molecule has 0 fully saturated rings. The number of anilines is 1. The van der Waals surface area contributed by atoms with Crippen LogP contribution in [0, 0.1) is 0 Å². The van der Waals surface area contributed by atoms with Crippen LogP contribution in [-0.4, -0.2) is 22.7 Å². The summed E-state index contributed by atoms with van der Waals surface area (Å²) in [6.45, 7) is -2.98. The van der Waals surface area contributed by atoms with Crippen LogP contribution in [0.5, 0.6) is 5.75 Å². The Morgan fingerprint density at radius 1 is 1.19 bits per heavy atom. The number of para-hydroxylation sites is 2. The van der Waals surface area contributed by atoms with Crippen molar-refractivity contribution in [3.63, 3.8) is 0 Å². The van der Waals surface area contributed by atoms with Crippen molar-refractivity contribution in [2.45, 2.75) is 19.5 Å². The molecule has 0 unspecified atom stereocenters. The van der Waals surface area contributed by atoms with Crippen molar-refractivity contribution < 1.29 is 22.8 Å². The Hall–Kier alpha value is -3.00. The molecule has 3 rings (SSSR count). The summed E-state index contributed by atoms with van der Waals surface area (Å²) in [6.07, 6.45) is 0.232. The van der Waals surface area contributed by atoms with Crippen LogP contribution in [0.3, 0.4) is 0 Å². The first kappa shape index (κ1) is 18.8. The molecule has 1 aromatic heterocycles. The Bertz CT molecular complexity index is 916. The van der Waals surface area contributed by atoms with Crippen LogP contribution in [0.1, 0.15) is 12.3 Å². The van der Waals surface area contributed by atoms with Gasteiger partial charge < -0.3 is 14.6 Å². The van der Waals surface area contributed by atoms with E-state index in [1.54, 1.807) is 30.3 Å². The summed E-state index contributed by atoms with van der Waals surface area (Å²) < 4.78 is 34.3. The fourth-order valence-corrected chi connectivity index (χ4v) is 2.40. The van der Waals surface area contributed by atoms with E-state index in [0.29, 0.717) is 10.8 Å². The Morgan fingerprint density at radius 2 is 1.93 bits per heavy atom. The van der Waals surface area contributed by atoms with Crippen molar-refractivity contribution in [3.05, 3.63) is 59.4 Å². The van der Waals surface area contributed by atoms with Crippen molar-refractivity contribution in [2.75, 3.05) is 5.32 Å². The Balaban J connectivity index is 1.58. The number of ether oxygens (including phenoxy) is 1. The number of hydrogen-bond acceptors (Lipinski definition) is 5. The van der Waals surface area contributed by atoms with Gasteiger partial charge in [0.05, 0.1) is 5.69 Å². The van der Waals surface area contributed by atoms with Crippen LogP contribution < -0.4 is 10.1 Å². The van der Waals surface area contributed by atoms with Crippen LogP contribution in [0.25, 0.3) is 11.4 Å². The molecule has 0 atom stereocenters. The molecule has 1 amide bonds. The molecule has 0 aliphatic rings. The minimum absolute atomic E-state index is 0.0330. The lowest BCUT2D eigenvalue weighted by Gasteiger charge is -2.11. The molecule has 0 saturated carbocycles. The maximum atomic E-state index is 12.4. The van der Waals surface area contributed by atoms with Crippen LogP contribution in [0.4, 0.5) is 14.5 Å². The predicted molar refractivity (Wildman–Crippen MR) is 94.8 cm³/mol. The quantitative estimate of drug-likeness (QED) is 0.636. The van der Waals surface area contributed by atoms with Crippen molar-refractivity contribution in [2.24, 2.45) is 0 Å². The van der Waals surface area contributed by atoms with Gasteiger partial charge in [0, 0.05) is 23.4 Å². The highest BCUT2D eigenvalue weighted by molar-refractivity contribution is 6.30. The van der Waals surface area contributed by atoms with Gasteiger partial charge in [-0.2, -0.15) is 13.8 Å². The fraction of sp³-hybridized carbons (Fsp3) is 0.167. The minimum atomic E-state index is -2.98. The number of nitrogens with one attached hydrogen (secondary N) is 1. The SMILES string of the molecule is O=C(CCc1nc(-c2ccc(Cl)cc2)no1)Nc1ccccc1OC(F)F. The van der Waals surface area contributed by atoms with Gasteiger partial charge in [-0.1, -0.05) is 28.9 Å². The van der Waals surface area contributed by atoms with E-state index in [1.807, 2.05) is 0 Å². The molecular formula is C18H14ClF2N3O3. The van der Waals surface area contributed by atoms with Crippen molar-refractivity contribution in [1.29, 1.82) is 0 Å². The van der Waals surface area contributed by atoms with Gasteiger partial charge in [-0.25, -0.2) is 0 Å². The van der Waals surface area contributed by atoms with Gasteiger partial charge in [0.1, 0.15) is 5.75 Å². The van der Waals surface area contributed by atoms with E-state index in [2.05, 4.69) is 20.2 Å². The number of aryl methyl sites for hydroxylation is 1. The molecule has 140 valence electrons. The minimum Gasteiger partial charge on any atom is -0.433 e. The molecule has 0 radical (unpaired) electrons. The lowest BCUT2D eigenvalue weighted by atomic mass is 10.2. The molecule has 1 N–H and O–H groups in total. The highest BCUT2D eigenvalue weighted by atomic mass is 35.5. The van der Waals surface area contributed by atoms with E-state index in [4.69, 9.17) is 16.1 Å². The van der Waals surface area contributed by atoms with Gasteiger partial charge in [-0.3, -0.25) is 4.79 Å². The third-order valence-electron chi connectivity index (χ3n) is 3.51. The Morgan fingerprint density at radius 3 is 2.67 bits per heavy atom. The highest BCUT2D eigenvalue weighted by Gasteiger charge is 2.14. The average molecular weight is 394 g/mol. The lowest BCUT2D eigenvalue weighted by Crippen LogP contribution is -2.14. The van der Waals surface area contributed by atoms with Crippen LogP contribution in [0.2, 0.25) is 5.02 Å². The topological polar surface area (TPSA) is 77.2 Å². The summed E-state index contributed by atoms with van der Waals surface area (Å²) >= 11 is 5.84. The van der Waals surface area contributed by atoms with E-state index < -0.39 is 12.5 Å². The molecule has 2 aromatic carbocycles. The summed E-state index contributed by atoms with van der Waals surface area (Å²) in [5.74, 6) is 0.167. The molecule has 0 aliphatic heterocycles. The number of rotatable bonds is 7. The van der Waals surface area contributed by atoms with Gasteiger partial charge >= 0.3 is 6.61 Å². The second-order valence-corrected chi connectivity index (χ2v) is 5.88. The molecule has 6 nitrogen and oxygen atoms in total. The standard InChI is InChI=1S/C18H14ClF2N3O3/c19-12-7-5-11(6-8-12)17-23-16(27-24-17)10-9-15(25)22-13-3-1-2-4-14(13)26-18(20)21/h1-8,18H,9-10H2,(H,22,25). The normalized spacial score (nSPS) is 10.8. The fourth-order valence-electron chi connectivity index (χ4n) is 2.27. The molecule has 9 heteroatoms. The maximum Gasteiger partial charge on any atom is 0.387 e. The number of halogens is 3. The highest BCUT2D eigenvalue weighted by Crippen LogP contribution is 2.25. The summed E-state index contributed by atoms with van der Waals surface area (Å²) in [5.41, 5.74) is 0.895. The number of hydrogen-bond donors (Lipinski definition) is 1. The number of amides is 1. The summed E-state index contributed by atoms with van der Waals surface area (Å²) in [7, 11) is 0. The van der Waals surface area contributed by atoms with Gasteiger partial charge in [0.2, 0.25) is 17.6 Å². The maximum absolute atomic E-state index is 12.4. The number of nitrogens with zero attached hydrogens (tertiary/aromatic N) is 2. The third-order valence-corrected chi connectivity index (χ3v) is 3.77. The molecule has 0 saturated heterocycles. The molecule has 0 aliphatic carbocycles. The van der Waals surface area contributed by atoms with E-state index in [-0.39, 0.29) is 30.2 Å². The Kier molecular flexibility index (Phi) is 5.97. The van der Waals surface area contributed by atoms with Gasteiger partial charge in [-0.05, 0) is 36.4 Å². The first-order valence-corrected chi connectivity index (χ1v) is 8.31. The monoisotopic (exact) mass is 393 g/mol. The van der Waals surface area contributed by atoms with Crippen LogP contribution >= 0.6 is 11.6 Å². The van der Waals surface area contributed by atoms with E-state index in [1.165, 1.54) is 18.2 Å². The first-order chi connectivity index (χ1) is 13.0. The predicted octanol–water partition coefficient (Wildman–Crippen LogP) is 4.56. The average Bonchev–Trinajstić information content (AvgIpc) is 3.11. The molecule has 0 bridgehead atoms. The zero-order valence-electron chi connectivity index (χ0n) is 13.9. The number of alkyl halides is 2. The van der Waals surface area contributed by atoms with E-state index >= 15 is 0 Å². The number of benzene rings is 2. The second-order valence-electron chi connectivity index (χ2n) is 5.44. The summed E-state index contributed by atoms with van der Waals surface area (Å²) in [5, 5.41) is 6.98.